The topological polar surface area (TPSA) is 91.5 Å². The monoisotopic (exact) mass is 473 g/mol. The summed E-state index contributed by atoms with van der Waals surface area (Å²) in [5, 5.41) is 2.47. The van der Waals surface area contributed by atoms with E-state index in [0.717, 1.165) is 12.1 Å². The Bertz CT molecular complexity index is 1340. The Morgan fingerprint density at radius 3 is 2.62 bits per heavy atom. The summed E-state index contributed by atoms with van der Waals surface area (Å²) < 4.78 is 46.7. The molecule has 1 aliphatic rings. The largest absolute Gasteiger partial charge is 0.467 e. The molecule has 1 aliphatic heterocycles. The number of aromatic nitrogens is 1. The molecular weight excluding hydrogens is 451 g/mol. The normalized spacial score (nSPS) is 18.2. The molecule has 2 aromatic carbocycles. The van der Waals surface area contributed by atoms with Crippen molar-refractivity contribution in [3.05, 3.63) is 70.0 Å². The number of ether oxygens (including phenoxy) is 1. The number of methoxy groups -OCH3 is 1. The highest BCUT2D eigenvalue weighted by molar-refractivity contribution is 6.06. The van der Waals surface area contributed by atoms with Crippen molar-refractivity contribution in [2.75, 3.05) is 23.9 Å². The van der Waals surface area contributed by atoms with Crippen LogP contribution in [0.4, 0.5) is 24.5 Å². The van der Waals surface area contributed by atoms with Crippen molar-refractivity contribution >= 4 is 34.2 Å². The van der Waals surface area contributed by atoms with Crippen molar-refractivity contribution in [3.8, 4) is 0 Å². The van der Waals surface area contributed by atoms with Gasteiger partial charge in [0.15, 0.2) is 0 Å². The predicted octanol–water partition coefficient (Wildman–Crippen LogP) is 4.33. The van der Waals surface area contributed by atoms with Crippen LogP contribution in [0.15, 0.2) is 53.5 Å². The van der Waals surface area contributed by atoms with Gasteiger partial charge in [0.25, 0.3) is 5.91 Å². The number of alkyl halides is 3. The molecule has 0 aliphatic carbocycles. The van der Waals surface area contributed by atoms with Crippen LogP contribution in [0.3, 0.4) is 0 Å². The van der Waals surface area contributed by atoms with E-state index in [2.05, 4.69) is 10.3 Å². The van der Waals surface area contributed by atoms with Crippen LogP contribution in [0, 0.1) is 0 Å². The highest BCUT2D eigenvalue weighted by atomic mass is 19.4. The minimum Gasteiger partial charge on any atom is -0.467 e. The first-order valence-corrected chi connectivity index (χ1v) is 10.6. The standard InChI is InChI=1S/C24H22F3N3O4/c1-23(22(33)34-2)10-5-11-30(23)14-8-9-19(17(12-14)24(25,26)27)29-21(32)16-13-28-18-7-4-3-6-15(18)20(16)31/h3-4,6-9,12-13H,5,10-11H2,1-2H3,(H,28,31)(H,29,32). The van der Waals surface area contributed by atoms with Crippen molar-refractivity contribution < 1.29 is 27.5 Å². The number of fused-ring (bicyclic) bond motifs is 1. The zero-order chi connectivity index (χ0) is 24.7. The fraction of sp³-hybridized carbons (Fsp3) is 0.292. The van der Waals surface area contributed by atoms with E-state index in [0.29, 0.717) is 24.9 Å². The number of esters is 1. The summed E-state index contributed by atoms with van der Waals surface area (Å²) in [5.74, 6) is -1.50. The Balaban J connectivity index is 1.71. The van der Waals surface area contributed by atoms with E-state index in [4.69, 9.17) is 4.74 Å². The average Bonchev–Trinajstić information content (AvgIpc) is 3.21. The van der Waals surface area contributed by atoms with Gasteiger partial charge in [0.1, 0.15) is 11.1 Å². The fourth-order valence-corrected chi connectivity index (χ4v) is 4.38. The van der Waals surface area contributed by atoms with Crippen LogP contribution in [-0.4, -0.2) is 36.1 Å². The smallest absolute Gasteiger partial charge is 0.418 e. The highest BCUT2D eigenvalue weighted by Gasteiger charge is 2.45. The van der Waals surface area contributed by atoms with Crippen molar-refractivity contribution in [3.63, 3.8) is 0 Å². The van der Waals surface area contributed by atoms with E-state index in [1.165, 1.54) is 25.4 Å². The maximum atomic E-state index is 13.9. The number of rotatable bonds is 4. The quantitative estimate of drug-likeness (QED) is 0.551. The number of H-pyrrole nitrogens is 1. The molecule has 1 saturated heterocycles. The molecule has 3 aromatic rings. The Morgan fingerprint density at radius 2 is 1.91 bits per heavy atom. The van der Waals surface area contributed by atoms with Gasteiger partial charge in [-0.15, -0.1) is 0 Å². The predicted molar refractivity (Wildman–Crippen MR) is 121 cm³/mol. The minimum absolute atomic E-state index is 0.180. The third-order valence-electron chi connectivity index (χ3n) is 6.17. The number of hydrogen-bond acceptors (Lipinski definition) is 5. The molecule has 2 N–H and O–H groups in total. The fourth-order valence-electron chi connectivity index (χ4n) is 4.38. The minimum atomic E-state index is -4.80. The molecule has 7 nitrogen and oxygen atoms in total. The molecule has 178 valence electrons. The third-order valence-corrected chi connectivity index (χ3v) is 6.17. The number of carbonyl (C=O) groups is 2. The van der Waals surface area contributed by atoms with Gasteiger partial charge in [-0.3, -0.25) is 9.59 Å². The molecule has 4 rings (SSSR count). The van der Waals surface area contributed by atoms with Gasteiger partial charge in [0.05, 0.1) is 18.4 Å². The molecule has 2 heterocycles. The van der Waals surface area contributed by atoms with Gasteiger partial charge in [0, 0.05) is 29.3 Å². The number of benzene rings is 2. The first-order chi connectivity index (χ1) is 16.1. The van der Waals surface area contributed by atoms with Gasteiger partial charge in [-0.1, -0.05) is 12.1 Å². The first kappa shape index (κ1) is 23.3. The zero-order valence-electron chi connectivity index (χ0n) is 18.5. The summed E-state index contributed by atoms with van der Waals surface area (Å²) in [4.78, 5) is 42.1. The number of nitrogens with one attached hydrogen (secondary N) is 2. The molecule has 0 bridgehead atoms. The zero-order valence-corrected chi connectivity index (χ0v) is 18.5. The number of anilines is 2. The lowest BCUT2D eigenvalue weighted by Crippen LogP contribution is -2.49. The second kappa shape index (κ2) is 8.51. The molecular formula is C24H22F3N3O4. The summed E-state index contributed by atoms with van der Waals surface area (Å²) in [6.07, 6.45) is -2.58. The molecule has 1 atom stereocenters. The number of pyridine rings is 1. The number of amides is 1. The van der Waals surface area contributed by atoms with E-state index in [1.54, 1.807) is 30.0 Å². The molecule has 1 fully saturated rings. The highest BCUT2D eigenvalue weighted by Crippen LogP contribution is 2.41. The van der Waals surface area contributed by atoms with E-state index >= 15 is 0 Å². The van der Waals surface area contributed by atoms with E-state index in [1.807, 2.05) is 0 Å². The Hall–Kier alpha value is -3.82. The Morgan fingerprint density at radius 1 is 1.18 bits per heavy atom. The van der Waals surface area contributed by atoms with Crippen LogP contribution in [0.1, 0.15) is 35.7 Å². The number of aromatic amines is 1. The number of hydrogen-bond donors (Lipinski definition) is 2. The molecule has 1 unspecified atom stereocenters. The molecule has 34 heavy (non-hydrogen) atoms. The summed E-state index contributed by atoms with van der Waals surface area (Å²) in [5.41, 5.74) is -2.90. The van der Waals surface area contributed by atoms with Crippen molar-refractivity contribution in [2.24, 2.45) is 0 Å². The number of carbonyl (C=O) groups excluding carboxylic acids is 2. The Kier molecular flexibility index (Phi) is 5.84. The molecule has 0 saturated carbocycles. The Labute approximate surface area is 192 Å². The molecule has 1 amide bonds. The second-order valence-corrected chi connectivity index (χ2v) is 8.28. The number of para-hydroxylation sites is 1. The van der Waals surface area contributed by atoms with Gasteiger partial charge in [0.2, 0.25) is 5.43 Å². The van der Waals surface area contributed by atoms with Crippen LogP contribution in [-0.2, 0) is 15.7 Å². The summed E-state index contributed by atoms with van der Waals surface area (Å²) in [6.45, 7) is 2.00. The molecule has 1 aromatic heterocycles. The van der Waals surface area contributed by atoms with Crippen LogP contribution in [0.5, 0.6) is 0 Å². The van der Waals surface area contributed by atoms with Gasteiger partial charge in [-0.25, -0.2) is 4.79 Å². The van der Waals surface area contributed by atoms with Crippen LogP contribution >= 0.6 is 0 Å². The molecule has 10 heteroatoms. The van der Waals surface area contributed by atoms with Crippen molar-refractivity contribution in [1.82, 2.24) is 4.98 Å². The molecule has 0 radical (unpaired) electrons. The van der Waals surface area contributed by atoms with E-state index < -0.39 is 40.3 Å². The lowest BCUT2D eigenvalue weighted by molar-refractivity contribution is -0.146. The van der Waals surface area contributed by atoms with Crippen LogP contribution in [0.25, 0.3) is 10.9 Å². The first-order valence-electron chi connectivity index (χ1n) is 10.6. The van der Waals surface area contributed by atoms with Gasteiger partial charge < -0.3 is 19.9 Å². The third kappa shape index (κ3) is 4.00. The summed E-state index contributed by atoms with van der Waals surface area (Å²) in [6, 6.07) is 9.94. The molecule has 0 spiro atoms. The van der Waals surface area contributed by atoms with Crippen LogP contribution in [0.2, 0.25) is 0 Å². The number of halogens is 3. The second-order valence-electron chi connectivity index (χ2n) is 8.28. The summed E-state index contributed by atoms with van der Waals surface area (Å²) in [7, 11) is 1.23. The van der Waals surface area contributed by atoms with Gasteiger partial charge in [-0.2, -0.15) is 13.2 Å². The van der Waals surface area contributed by atoms with E-state index in [-0.39, 0.29) is 16.6 Å². The lowest BCUT2D eigenvalue weighted by Gasteiger charge is -2.34. The SMILES string of the molecule is COC(=O)C1(C)CCCN1c1ccc(NC(=O)c2c[nH]c3ccccc3c2=O)c(C(F)(F)F)c1. The summed E-state index contributed by atoms with van der Waals surface area (Å²) >= 11 is 0. The van der Waals surface area contributed by atoms with Crippen molar-refractivity contribution in [1.29, 1.82) is 0 Å². The van der Waals surface area contributed by atoms with Gasteiger partial charge in [-0.05, 0) is 50.1 Å². The maximum absolute atomic E-state index is 13.9. The van der Waals surface area contributed by atoms with Gasteiger partial charge >= 0.3 is 12.1 Å². The van der Waals surface area contributed by atoms with Crippen LogP contribution < -0.4 is 15.6 Å². The van der Waals surface area contributed by atoms with Crippen molar-refractivity contribution in [2.45, 2.75) is 31.5 Å². The van der Waals surface area contributed by atoms with E-state index in [9.17, 15) is 27.6 Å². The maximum Gasteiger partial charge on any atom is 0.418 e. The lowest BCUT2D eigenvalue weighted by atomic mass is 9.98. The average molecular weight is 473 g/mol. The number of nitrogens with zero attached hydrogens (tertiary/aromatic N) is 1.